The molecule has 0 aliphatic heterocycles. The fourth-order valence-electron chi connectivity index (χ4n) is 2.20. The van der Waals surface area contributed by atoms with Crippen molar-refractivity contribution in [3.8, 4) is 11.5 Å². The fraction of sp³-hybridized carbons (Fsp3) is 0.444. The third kappa shape index (κ3) is 5.94. The lowest BCUT2D eigenvalue weighted by Gasteiger charge is -2.14. The van der Waals surface area contributed by atoms with Crippen LogP contribution in [0.25, 0.3) is 0 Å². The predicted molar refractivity (Wildman–Crippen MR) is 103 cm³/mol. The molecule has 0 unspecified atom stereocenters. The zero-order chi connectivity index (χ0) is 18.1. The summed E-state index contributed by atoms with van der Waals surface area (Å²) in [6.07, 6.45) is 2.85. The van der Waals surface area contributed by atoms with Crippen molar-refractivity contribution in [3.63, 3.8) is 0 Å². The number of aryl methyl sites for hydroxylation is 1. The van der Waals surface area contributed by atoms with Crippen LogP contribution in [0.15, 0.2) is 29.4 Å². The van der Waals surface area contributed by atoms with E-state index in [2.05, 4.69) is 34.5 Å². The van der Waals surface area contributed by atoms with E-state index in [4.69, 9.17) is 9.47 Å². The molecule has 1 aromatic carbocycles. The molecular weight excluding hydrogens is 336 g/mol. The van der Waals surface area contributed by atoms with Gasteiger partial charge in [0.15, 0.2) is 17.5 Å². The average molecular weight is 362 g/mol. The van der Waals surface area contributed by atoms with E-state index in [1.165, 1.54) is 4.88 Å². The molecule has 2 aromatic rings. The van der Waals surface area contributed by atoms with Crippen molar-refractivity contribution in [1.29, 1.82) is 0 Å². The summed E-state index contributed by atoms with van der Waals surface area (Å²) in [6, 6.07) is 5.95. The highest BCUT2D eigenvalue weighted by atomic mass is 32.1. The second kappa shape index (κ2) is 9.88. The highest BCUT2D eigenvalue weighted by Gasteiger charge is 2.07. The summed E-state index contributed by atoms with van der Waals surface area (Å²) in [5.41, 5.74) is 1.09. The fourth-order valence-corrected chi connectivity index (χ4v) is 2.93. The Kier molecular flexibility index (Phi) is 7.53. The first-order valence-electron chi connectivity index (χ1n) is 8.31. The van der Waals surface area contributed by atoms with Crippen LogP contribution >= 0.6 is 11.3 Å². The van der Waals surface area contributed by atoms with Gasteiger partial charge in [-0.05, 0) is 31.0 Å². The van der Waals surface area contributed by atoms with Crippen molar-refractivity contribution < 1.29 is 9.47 Å². The summed E-state index contributed by atoms with van der Waals surface area (Å²) in [5, 5.41) is 7.61. The minimum absolute atomic E-state index is 0.640. The van der Waals surface area contributed by atoms with Crippen molar-refractivity contribution in [2.75, 3.05) is 20.8 Å². The van der Waals surface area contributed by atoms with E-state index < -0.39 is 0 Å². The number of methoxy groups -OCH3 is 1. The van der Waals surface area contributed by atoms with Gasteiger partial charge in [-0.2, -0.15) is 0 Å². The smallest absolute Gasteiger partial charge is 0.191 e. The second-order valence-electron chi connectivity index (χ2n) is 5.48. The van der Waals surface area contributed by atoms with Gasteiger partial charge in [-0.25, -0.2) is 4.98 Å². The number of thiazole rings is 1. The maximum absolute atomic E-state index is 5.68. The molecule has 0 radical (unpaired) electrons. The van der Waals surface area contributed by atoms with Crippen LogP contribution in [0, 0.1) is 6.92 Å². The number of nitrogens with one attached hydrogen (secondary N) is 2. The minimum Gasteiger partial charge on any atom is -0.493 e. The lowest BCUT2D eigenvalue weighted by molar-refractivity contribution is 0.294. The van der Waals surface area contributed by atoms with Gasteiger partial charge in [-0.15, -0.1) is 11.3 Å². The topological polar surface area (TPSA) is 67.8 Å². The van der Waals surface area contributed by atoms with Crippen molar-refractivity contribution >= 4 is 17.3 Å². The first-order chi connectivity index (χ1) is 12.2. The number of hydrogen-bond donors (Lipinski definition) is 2. The summed E-state index contributed by atoms with van der Waals surface area (Å²) in [4.78, 5) is 9.79. The molecule has 0 amide bonds. The standard InChI is InChI=1S/C18H26N4O2S/c1-5-8-24-15-7-6-14(9-16(15)23-4)11-21-18(19-3)22-12-17-20-10-13(2)25-17/h6-7,9-10H,5,8,11-12H2,1-4H3,(H2,19,21,22). The van der Waals surface area contributed by atoms with E-state index in [-0.39, 0.29) is 0 Å². The number of aliphatic imine (C=N–C) groups is 1. The van der Waals surface area contributed by atoms with E-state index in [1.807, 2.05) is 24.4 Å². The first kappa shape index (κ1) is 19.1. The van der Waals surface area contributed by atoms with Crippen LogP contribution in [0.3, 0.4) is 0 Å². The summed E-state index contributed by atoms with van der Waals surface area (Å²) in [6.45, 7) is 6.11. The highest BCUT2D eigenvalue weighted by molar-refractivity contribution is 7.11. The molecule has 7 heteroatoms. The Hall–Kier alpha value is -2.28. The van der Waals surface area contributed by atoms with E-state index in [0.29, 0.717) is 19.7 Å². The maximum atomic E-state index is 5.68. The summed E-state index contributed by atoms with van der Waals surface area (Å²) in [5.74, 6) is 2.25. The SMILES string of the molecule is CCCOc1ccc(CNC(=NC)NCc2ncc(C)s2)cc1OC. The van der Waals surface area contributed by atoms with Gasteiger partial charge >= 0.3 is 0 Å². The Balaban J connectivity index is 1.89. The number of rotatable bonds is 8. The normalized spacial score (nSPS) is 11.3. The van der Waals surface area contributed by atoms with Crippen LogP contribution in [0.5, 0.6) is 11.5 Å². The molecule has 2 N–H and O–H groups in total. The Morgan fingerprint density at radius 1 is 1.24 bits per heavy atom. The van der Waals surface area contributed by atoms with Crippen molar-refractivity contribution in [3.05, 3.63) is 39.8 Å². The Morgan fingerprint density at radius 2 is 2.04 bits per heavy atom. The molecule has 1 heterocycles. The number of nitrogens with zero attached hydrogens (tertiary/aromatic N) is 2. The molecule has 0 atom stereocenters. The highest BCUT2D eigenvalue weighted by Crippen LogP contribution is 2.28. The molecule has 0 aliphatic rings. The molecule has 25 heavy (non-hydrogen) atoms. The maximum Gasteiger partial charge on any atom is 0.191 e. The third-order valence-corrected chi connectivity index (χ3v) is 4.36. The lowest BCUT2D eigenvalue weighted by Crippen LogP contribution is -2.36. The van der Waals surface area contributed by atoms with Crippen molar-refractivity contribution in [2.24, 2.45) is 4.99 Å². The Morgan fingerprint density at radius 3 is 2.68 bits per heavy atom. The molecule has 0 aliphatic carbocycles. The van der Waals surface area contributed by atoms with Gasteiger partial charge in [0.05, 0.1) is 20.3 Å². The van der Waals surface area contributed by atoms with E-state index in [1.54, 1.807) is 25.5 Å². The molecule has 0 saturated carbocycles. The van der Waals surface area contributed by atoms with Crippen molar-refractivity contribution in [1.82, 2.24) is 15.6 Å². The number of benzene rings is 1. The van der Waals surface area contributed by atoms with E-state index in [0.717, 1.165) is 34.5 Å². The molecule has 6 nitrogen and oxygen atoms in total. The van der Waals surface area contributed by atoms with Gasteiger partial charge in [0.2, 0.25) is 0 Å². The number of ether oxygens (including phenoxy) is 2. The quantitative estimate of drug-likeness (QED) is 0.558. The molecule has 2 rings (SSSR count). The van der Waals surface area contributed by atoms with Crippen molar-refractivity contribution in [2.45, 2.75) is 33.4 Å². The molecule has 0 spiro atoms. The van der Waals surface area contributed by atoms with Crippen LogP contribution < -0.4 is 20.1 Å². The van der Waals surface area contributed by atoms with Crippen LogP contribution in [-0.2, 0) is 13.1 Å². The molecule has 0 saturated heterocycles. The molecule has 0 fully saturated rings. The van der Waals surface area contributed by atoms with Gasteiger partial charge in [-0.3, -0.25) is 4.99 Å². The van der Waals surface area contributed by atoms with Crippen LogP contribution in [0.4, 0.5) is 0 Å². The minimum atomic E-state index is 0.640. The lowest BCUT2D eigenvalue weighted by atomic mass is 10.2. The van der Waals surface area contributed by atoms with Gasteiger partial charge < -0.3 is 20.1 Å². The second-order valence-corrected chi connectivity index (χ2v) is 6.80. The Bertz CT molecular complexity index is 700. The molecule has 1 aromatic heterocycles. The Labute approximate surface area is 153 Å². The molecular formula is C18H26N4O2S. The molecule has 0 bridgehead atoms. The summed E-state index contributed by atoms with van der Waals surface area (Å²) in [7, 11) is 3.41. The van der Waals surface area contributed by atoms with E-state index in [9.17, 15) is 0 Å². The number of guanidine groups is 1. The zero-order valence-electron chi connectivity index (χ0n) is 15.3. The van der Waals surface area contributed by atoms with E-state index >= 15 is 0 Å². The van der Waals surface area contributed by atoms with Gasteiger partial charge in [0.25, 0.3) is 0 Å². The molecule has 136 valence electrons. The van der Waals surface area contributed by atoms with Gasteiger partial charge in [-0.1, -0.05) is 13.0 Å². The van der Waals surface area contributed by atoms with Gasteiger partial charge in [0.1, 0.15) is 5.01 Å². The van der Waals surface area contributed by atoms with Crippen LogP contribution in [-0.4, -0.2) is 31.7 Å². The summed E-state index contributed by atoms with van der Waals surface area (Å²) < 4.78 is 11.1. The third-order valence-electron chi connectivity index (χ3n) is 3.45. The summed E-state index contributed by atoms with van der Waals surface area (Å²) >= 11 is 1.68. The number of hydrogen-bond acceptors (Lipinski definition) is 5. The predicted octanol–water partition coefficient (Wildman–Crippen LogP) is 3.11. The van der Waals surface area contributed by atoms with Gasteiger partial charge in [0, 0.05) is 24.7 Å². The monoisotopic (exact) mass is 362 g/mol. The largest absolute Gasteiger partial charge is 0.493 e. The average Bonchev–Trinajstić information content (AvgIpc) is 3.05. The van der Waals surface area contributed by atoms with Crippen LogP contribution in [0.1, 0.15) is 28.8 Å². The first-order valence-corrected chi connectivity index (χ1v) is 9.13. The zero-order valence-corrected chi connectivity index (χ0v) is 16.1. The number of aromatic nitrogens is 1. The van der Waals surface area contributed by atoms with Crippen LogP contribution in [0.2, 0.25) is 0 Å².